The number of benzene rings is 4. The van der Waals surface area contributed by atoms with E-state index in [0.29, 0.717) is 26.2 Å². The van der Waals surface area contributed by atoms with Crippen molar-refractivity contribution in [2.24, 2.45) is 0 Å². The van der Waals surface area contributed by atoms with Gasteiger partial charge in [-0.05, 0) is 55.5 Å². The largest absolute Gasteiger partial charge is 0.341 e. The van der Waals surface area contributed by atoms with E-state index in [1.54, 1.807) is 0 Å². The molecule has 10 heteroatoms. The second-order valence-electron chi connectivity index (χ2n) is 11.7. The van der Waals surface area contributed by atoms with E-state index in [2.05, 4.69) is 60.9 Å². The van der Waals surface area contributed by atoms with Gasteiger partial charge in [0.2, 0.25) is 0 Å². The number of imidazole rings is 4. The molecular formula is C35H34N10. The van der Waals surface area contributed by atoms with E-state index < -0.39 is 0 Å². The lowest BCUT2D eigenvalue weighted by Crippen LogP contribution is -2.42. The summed E-state index contributed by atoms with van der Waals surface area (Å²) >= 11 is 0. The summed E-state index contributed by atoms with van der Waals surface area (Å²) < 4.78 is 0. The highest BCUT2D eigenvalue weighted by Crippen LogP contribution is 2.20. The monoisotopic (exact) mass is 594 g/mol. The molecule has 45 heavy (non-hydrogen) atoms. The number of fused-ring (bicyclic) bond motifs is 4. The summed E-state index contributed by atoms with van der Waals surface area (Å²) in [6.07, 6.45) is 0. The summed E-state index contributed by atoms with van der Waals surface area (Å²) in [7, 11) is 0. The molecule has 8 rings (SSSR count). The molecular weight excluding hydrogens is 560 g/mol. The van der Waals surface area contributed by atoms with Crippen LogP contribution < -0.4 is 0 Å². The van der Waals surface area contributed by atoms with Crippen molar-refractivity contribution in [1.82, 2.24) is 49.7 Å². The average molecular weight is 595 g/mol. The molecule has 0 radical (unpaired) electrons. The van der Waals surface area contributed by atoms with Gasteiger partial charge in [-0.25, -0.2) is 19.9 Å². The molecule has 0 amide bonds. The Bertz CT molecular complexity index is 1940. The van der Waals surface area contributed by atoms with Crippen molar-refractivity contribution in [3.05, 3.63) is 120 Å². The third-order valence-electron chi connectivity index (χ3n) is 8.35. The zero-order valence-electron chi connectivity index (χ0n) is 25.0. The number of rotatable bonds is 11. The summed E-state index contributed by atoms with van der Waals surface area (Å²) in [4.78, 5) is 38.6. The first kappa shape index (κ1) is 27.2. The van der Waals surface area contributed by atoms with Crippen LogP contribution in [0.3, 0.4) is 0 Å². The fourth-order valence-corrected chi connectivity index (χ4v) is 6.17. The zero-order chi connectivity index (χ0) is 30.2. The molecule has 8 aromatic rings. The summed E-state index contributed by atoms with van der Waals surface area (Å²) in [5.41, 5.74) is 8.06. The molecule has 0 aliphatic heterocycles. The molecule has 0 saturated heterocycles. The van der Waals surface area contributed by atoms with Crippen LogP contribution in [0.15, 0.2) is 97.1 Å². The molecule has 4 heterocycles. The van der Waals surface area contributed by atoms with E-state index in [1.807, 2.05) is 72.8 Å². The van der Waals surface area contributed by atoms with Gasteiger partial charge in [0.1, 0.15) is 23.3 Å². The Labute approximate surface area is 259 Å². The molecule has 224 valence electrons. The molecule has 4 aromatic carbocycles. The lowest BCUT2D eigenvalue weighted by atomic mass is 10.2. The van der Waals surface area contributed by atoms with Crippen molar-refractivity contribution >= 4 is 44.1 Å². The number of aromatic nitrogens is 8. The van der Waals surface area contributed by atoms with Gasteiger partial charge in [0.05, 0.1) is 70.3 Å². The van der Waals surface area contributed by atoms with Crippen LogP contribution in [0, 0.1) is 0 Å². The van der Waals surface area contributed by atoms with E-state index in [0.717, 1.165) is 74.0 Å². The lowest BCUT2D eigenvalue weighted by molar-refractivity contribution is 0.120. The van der Waals surface area contributed by atoms with Crippen LogP contribution in [-0.2, 0) is 26.2 Å². The second-order valence-corrected chi connectivity index (χ2v) is 11.7. The van der Waals surface area contributed by atoms with E-state index in [-0.39, 0.29) is 6.04 Å². The van der Waals surface area contributed by atoms with Crippen LogP contribution in [0.25, 0.3) is 44.1 Å². The number of nitrogens with one attached hydrogen (secondary N) is 4. The number of hydrogen-bond acceptors (Lipinski definition) is 6. The Morgan fingerprint density at radius 1 is 0.467 bits per heavy atom. The van der Waals surface area contributed by atoms with Crippen molar-refractivity contribution in [3.63, 3.8) is 0 Å². The van der Waals surface area contributed by atoms with E-state index in [9.17, 15) is 0 Å². The predicted octanol–water partition coefficient (Wildman–Crippen LogP) is 6.28. The van der Waals surface area contributed by atoms with Gasteiger partial charge in [0, 0.05) is 12.6 Å². The molecule has 0 saturated carbocycles. The quantitative estimate of drug-likeness (QED) is 0.140. The topological polar surface area (TPSA) is 121 Å². The number of nitrogens with zero attached hydrogens (tertiary/aromatic N) is 6. The Balaban J connectivity index is 1.10. The van der Waals surface area contributed by atoms with Gasteiger partial charge in [0.15, 0.2) is 0 Å². The second kappa shape index (κ2) is 11.6. The van der Waals surface area contributed by atoms with Gasteiger partial charge in [-0.1, -0.05) is 48.5 Å². The third kappa shape index (κ3) is 5.81. The van der Waals surface area contributed by atoms with E-state index >= 15 is 0 Å². The summed E-state index contributed by atoms with van der Waals surface area (Å²) in [5, 5.41) is 0. The highest BCUT2D eigenvalue weighted by molar-refractivity contribution is 5.76. The van der Waals surface area contributed by atoms with Crippen molar-refractivity contribution in [2.75, 3.05) is 6.54 Å². The fraction of sp³-hybridized carbons (Fsp3) is 0.200. The molecule has 1 atom stereocenters. The van der Waals surface area contributed by atoms with Crippen molar-refractivity contribution in [2.45, 2.75) is 39.1 Å². The first-order valence-corrected chi connectivity index (χ1v) is 15.3. The molecule has 0 aliphatic carbocycles. The van der Waals surface area contributed by atoms with Gasteiger partial charge in [0.25, 0.3) is 0 Å². The summed E-state index contributed by atoms with van der Waals surface area (Å²) in [6.45, 7) is 5.65. The van der Waals surface area contributed by atoms with Crippen LogP contribution in [0.1, 0.15) is 30.2 Å². The van der Waals surface area contributed by atoms with E-state index in [4.69, 9.17) is 19.9 Å². The molecule has 4 aromatic heterocycles. The lowest BCUT2D eigenvalue weighted by Gasteiger charge is -2.32. The van der Waals surface area contributed by atoms with Crippen molar-refractivity contribution < 1.29 is 0 Å². The predicted molar refractivity (Wildman–Crippen MR) is 177 cm³/mol. The standard InChI is InChI=1S/C35H34N10/c1-23(45(21-34-40-28-14-6-7-15-29(28)41-34)22-35-42-30-16-8-9-17-31(30)43-35)18-44(19-32-36-24-10-2-3-11-25(24)37-32)20-33-38-26-12-4-5-13-27(26)39-33/h2-17,23H,18-22H2,1H3,(H,36,37)(H,38,39)(H,40,41)(H,42,43). The third-order valence-corrected chi connectivity index (χ3v) is 8.35. The van der Waals surface area contributed by atoms with Crippen molar-refractivity contribution in [1.29, 1.82) is 0 Å². The normalized spacial score (nSPS) is 12.9. The molecule has 1 unspecified atom stereocenters. The first-order chi connectivity index (χ1) is 22.1. The Hall–Kier alpha value is -5.32. The number of para-hydroxylation sites is 8. The van der Waals surface area contributed by atoms with Crippen LogP contribution in [0.4, 0.5) is 0 Å². The number of aromatic amines is 4. The smallest absolute Gasteiger partial charge is 0.121 e. The molecule has 10 nitrogen and oxygen atoms in total. The molecule has 0 fully saturated rings. The highest BCUT2D eigenvalue weighted by Gasteiger charge is 2.23. The van der Waals surface area contributed by atoms with Gasteiger partial charge in [-0.15, -0.1) is 0 Å². The Morgan fingerprint density at radius 3 is 1.11 bits per heavy atom. The minimum atomic E-state index is 0.139. The molecule has 0 aliphatic rings. The van der Waals surface area contributed by atoms with Crippen LogP contribution in [0.2, 0.25) is 0 Å². The van der Waals surface area contributed by atoms with Crippen LogP contribution in [-0.4, -0.2) is 62.3 Å². The van der Waals surface area contributed by atoms with Gasteiger partial charge in [-0.2, -0.15) is 0 Å². The molecule has 0 spiro atoms. The Kier molecular flexibility index (Phi) is 7.05. The van der Waals surface area contributed by atoms with Crippen molar-refractivity contribution in [3.8, 4) is 0 Å². The highest BCUT2D eigenvalue weighted by atomic mass is 15.3. The van der Waals surface area contributed by atoms with Crippen LogP contribution in [0.5, 0.6) is 0 Å². The van der Waals surface area contributed by atoms with E-state index in [1.165, 1.54) is 0 Å². The van der Waals surface area contributed by atoms with Gasteiger partial charge in [-0.3, -0.25) is 9.80 Å². The van der Waals surface area contributed by atoms with Gasteiger partial charge < -0.3 is 19.9 Å². The maximum absolute atomic E-state index is 4.91. The number of hydrogen-bond donors (Lipinski definition) is 4. The SMILES string of the molecule is CC(CN(Cc1nc2ccccc2[nH]1)Cc1nc2ccccc2[nH]1)N(Cc1nc2ccccc2[nH]1)Cc1nc2ccccc2[nH]1. The molecule has 0 bridgehead atoms. The minimum Gasteiger partial charge on any atom is -0.341 e. The summed E-state index contributed by atoms with van der Waals surface area (Å²) in [5.74, 6) is 3.72. The van der Waals surface area contributed by atoms with Crippen LogP contribution >= 0.6 is 0 Å². The summed E-state index contributed by atoms with van der Waals surface area (Å²) in [6, 6.07) is 32.8. The average Bonchev–Trinajstić information content (AvgIpc) is 3.83. The fourth-order valence-electron chi connectivity index (χ4n) is 6.17. The van der Waals surface area contributed by atoms with Gasteiger partial charge >= 0.3 is 0 Å². The zero-order valence-corrected chi connectivity index (χ0v) is 25.0. The Morgan fingerprint density at radius 2 is 0.778 bits per heavy atom. The first-order valence-electron chi connectivity index (χ1n) is 15.3. The molecule has 4 N–H and O–H groups in total. The maximum atomic E-state index is 4.91. The maximum Gasteiger partial charge on any atom is 0.121 e. The number of H-pyrrole nitrogens is 4. The minimum absolute atomic E-state index is 0.139.